The van der Waals surface area contributed by atoms with Crippen molar-refractivity contribution in [2.75, 3.05) is 5.32 Å². The molecule has 3 rings (SSSR count). The molecule has 7 nitrogen and oxygen atoms in total. The molecule has 0 saturated heterocycles. The molecule has 9 heteroatoms. The van der Waals surface area contributed by atoms with Gasteiger partial charge in [-0.05, 0) is 11.4 Å². The summed E-state index contributed by atoms with van der Waals surface area (Å²) < 4.78 is 0. The van der Waals surface area contributed by atoms with Crippen LogP contribution in [0.3, 0.4) is 0 Å². The Kier molecular flexibility index (Phi) is 4.40. The van der Waals surface area contributed by atoms with E-state index in [-0.39, 0.29) is 18.0 Å². The number of rotatable bonds is 5. The van der Waals surface area contributed by atoms with E-state index in [0.29, 0.717) is 15.7 Å². The first-order chi connectivity index (χ1) is 11.1. The van der Waals surface area contributed by atoms with Gasteiger partial charge in [0, 0.05) is 22.6 Å². The van der Waals surface area contributed by atoms with Crippen LogP contribution in [0.2, 0.25) is 0 Å². The highest BCUT2D eigenvalue weighted by Gasteiger charge is 2.16. The molecule has 0 bridgehead atoms. The number of nitrogens with zero attached hydrogens (tertiary/aromatic N) is 3. The zero-order valence-corrected chi connectivity index (χ0v) is 13.3. The second-order valence-corrected chi connectivity index (χ2v) is 6.29. The van der Waals surface area contributed by atoms with E-state index < -0.39 is 4.92 Å². The predicted octanol–water partition coefficient (Wildman–Crippen LogP) is 3.36. The van der Waals surface area contributed by atoms with Crippen molar-refractivity contribution in [2.45, 2.75) is 6.42 Å². The van der Waals surface area contributed by atoms with E-state index in [1.165, 1.54) is 17.4 Å². The molecule has 0 radical (unpaired) electrons. The minimum absolute atomic E-state index is 0.0705. The highest BCUT2D eigenvalue weighted by atomic mass is 32.1. The molecule has 0 atom stereocenters. The van der Waals surface area contributed by atoms with Crippen molar-refractivity contribution in [3.05, 3.63) is 56.8 Å². The molecule has 0 unspecified atom stereocenters. The molecule has 0 aliphatic carbocycles. The van der Waals surface area contributed by atoms with Crippen LogP contribution in [-0.2, 0) is 11.2 Å². The zero-order valence-electron chi connectivity index (χ0n) is 11.6. The smallest absolute Gasteiger partial charge is 0.273 e. The van der Waals surface area contributed by atoms with Crippen LogP contribution in [0.4, 0.5) is 10.8 Å². The van der Waals surface area contributed by atoms with E-state index in [1.54, 1.807) is 29.5 Å². The summed E-state index contributed by atoms with van der Waals surface area (Å²) in [6.45, 7) is 0. The van der Waals surface area contributed by atoms with Gasteiger partial charge in [0.2, 0.25) is 11.0 Å². The molecule has 23 heavy (non-hydrogen) atoms. The molecule has 1 amide bonds. The van der Waals surface area contributed by atoms with E-state index in [2.05, 4.69) is 15.5 Å². The monoisotopic (exact) mass is 346 g/mol. The molecule has 2 aromatic heterocycles. The molecule has 1 N–H and O–H groups in total. The third-order valence-corrected chi connectivity index (χ3v) is 4.55. The Hall–Kier alpha value is -2.65. The molecular weight excluding hydrogens is 336 g/mol. The Morgan fingerprint density at radius 3 is 2.83 bits per heavy atom. The molecule has 0 spiro atoms. The molecule has 0 aliphatic rings. The highest BCUT2D eigenvalue weighted by Crippen LogP contribution is 2.28. The second-order valence-electron chi connectivity index (χ2n) is 4.54. The topological polar surface area (TPSA) is 98.0 Å². The Morgan fingerprint density at radius 1 is 1.26 bits per heavy atom. The van der Waals surface area contributed by atoms with Gasteiger partial charge in [0.25, 0.3) is 5.69 Å². The van der Waals surface area contributed by atoms with Crippen LogP contribution in [0.25, 0.3) is 10.6 Å². The van der Waals surface area contributed by atoms with Gasteiger partial charge in [-0.2, -0.15) is 11.3 Å². The van der Waals surface area contributed by atoms with Crippen LogP contribution < -0.4 is 5.32 Å². The fourth-order valence-electron chi connectivity index (χ4n) is 1.95. The fraction of sp³-hybridized carbons (Fsp3) is 0.0714. The SMILES string of the molecule is O=C(Cc1ccccc1[N+](=O)[O-])Nc1nnc(-c2ccsc2)s1. The number of nitro groups is 1. The Morgan fingerprint density at radius 2 is 2.09 bits per heavy atom. The molecule has 3 aromatic rings. The zero-order chi connectivity index (χ0) is 16.2. The molecule has 1 aromatic carbocycles. The fourth-order valence-corrected chi connectivity index (χ4v) is 3.42. The van der Waals surface area contributed by atoms with E-state index in [0.717, 1.165) is 5.56 Å². The van der Waals surface area contributed by atoms with Gasteiger partial charge in [0.1, 0.15) is 5.01 Å². The maximum atomic E-state index is 12.1. The number of benzene rings is 1. The van der Waals surface area contributed by atoms with E-state index in [9.17, 15) is 14.9 Å². The normalized spacial score (nSPS) is 10.4. The summed E-state index contributed by atoms with van der Waals surface area (Å²) in [4.78, 5) is 22.5. The quantitative estimate of drug-likeness (QED) is 0.564. The van der Waals surface area contributed by atoms with Crippen LogP contribution in [0.1, 0.15) is 5.56 Å². The minimum atomic E-state index is -0.498. The molecule has 2 heterocycles. The van der Waals surface area contributed by atoms with E-state index in [1.807, 2.05) is 16.8 Å². The maximum absolute atomic E-state index is 12.1. The number of nitro benzene ring substituents is 1. The predicted molar refractivity (Wildman–Crippen MR) is 88.7 cm³/mol. The Labute approximate surface area is 138 Å². The number of para-hydroxylation sites is 1. The van der Waals surface area contributed by atoms with E-state index in [4.69, 9.17) is 0 Å². The van der Waals surface area contributed by atoms with Crippen LogP contribution in [0.5, 0.6) is 0 Å². The highest BCUT2D eigenvalue weighted by molar-refractivity contribution is 7.19. The van der Waals surface area contributed by atoms with Crippen molar-refractivity contribution < 1.29 is 9.72 Å². The van der Waals surface area contributed by atoms with Crippen LogP contribution in [-0.4, -0.2) is 21.0 Å². The number of nitrogens with one attached hydrogen (secondary N) is 1. The van der Waals surface area contributed by atoms with Crippen LogP contribution >= 0.6 is 22.7 Å². The molecule has 0 aliphatic heterocycles. The summed E-state index contributed by atoms with van der Waals surface area (Å²) in [5, 5.41) is 26.5. The first-order valence-electron chi connectivity index (χ1n) is 6.51. The number of aromatic nitrogens is 2. The van der Waals surface area contributed by atoms with Gasteiger partial charge in [0.05, 0.1) is 11.3 Å². The van der Waals surface area contributed by atoms with Crippen molar-refractivity contribution in [3.63, 3.8) is 0 Å². The lowest BCUT2D eigenvalue weighted by atomic mass is 10.1. The van der Waals surface area contributed by atoms with Crippen molar-refractivity contribution in [3.8, 4) is 10.6 Å². The van der Waals surface area contributed by atoms with Crippen molar-refractivity contribution >= 4 is 39.4 Å². The summed E-state index contributed by atoms with van der Waals surface area (Å²) in [5.41, 5.74) is 1.24. The summed E-state index contributed by atoms with van der Waals surface area (Å²) >= 11 is 2.81. The lowest BCUT2D eigenvalue weighted by Gasteiger charge is -2.02. The number of hydrogen-bond acceptors (Lipinski definition) is 7. The average molecular weight is 346 g/mol. The van der Waals surface area contributed by atoms with Gasteiger partial charge in [-0.3, -0.25) is 14.9 Å². The number of amides is 1. The summed E-state index contributed by atoms with van der Waals surface area (Å²) in [7, 11) is 0. The molecular formula is C14H10N4O3S2. The van der Waals surface area contributed by atoms with Crippen molar-refractivity contribution in [1.29, 1.82) is 0 Å². The van der Waals surface area contributed by atoms with Crippen LogP contribution in [0.15, 0.2) is 41.1 Å². The average Bonchev–Trinajstić information content (AvgIpc) is 3.18. The van der Waals surface area contributed by atoms with Gasteiger partial charge >= 0.3 is 0 Å². The maximum Gasteiger partial charge on any atom is 0.273 e. The number of carbonyl (C=O) groups excluding carboxylic acids is 1. The van der Waals surface area contributed by atoms with Gasteiger partial charge in [0.15, 0.2) is 0 Å². The van der Waals surface area contributed by atoms with Crippen molar-refractivity contribution in [1.82, 2.24) is 10.2 Å². The van der Waals surface area contributed by atoms with Crippen LogP contribution in [0, 0.1) is 10.1 Å². The minimum Gasteiger partial charge on any atom is -0.300 e. The first-order valence-corrected chi connectivity index (χ1v) is 8.27. The number of carbonyl (C=O) groups is 1. The summed E-state index contributed by atoms with van der Waals surface area (Å²) in [5.74, 6) is -0.368. The van der Waals surface area contributed by atoms with E-state index >= 15 is 0 Å². The van der Waals surface area contributed by atoms with Gasteiger partial charge in [-0.1, -0.05) is 29.5 Å². The largest absolute Gasteiger partial charge is 0.300 e. The summed E-state index contributed by atoms with van der Waals surface area (Å²) in [6, 6.07) is 8.09. The summed E-state index contributed by atoms with van der Waals surface area (Å²) in [6.07, 6.45) is -0.0927. The third kappa shape index (κ3) is 3.58. The molecule has 0 saturated carbocycles. The molecule has 116 valence electrons. The number of anilines is 1. The third-order valence-electron chi connectivity index (χ3n) is 2.98. The van der Waals surface area contributed by atoms with Gasteiger partial charge < -0.3 is 5.32 Å². The number of hydrogen-bond donors (Lipinski definition) is 1. The van der Waals surface area contributed by atoms with Gasteiger partial charge in [-0.25, -0.2) is 0 Å². The second kappa shape index (κ2) is 6.63. The number of thiophene rings is 1. The lowest BCUT2D eigenvalue weighted by molar-refractivity contribution is -0.385. The van der Waals surface area contributed by atoms with Gasteiger partial charge in [-0.15, -0.1) is 10.2 Å². The first kappa shape index (κ1) is 15.3. The standard InChI is InChI=1S/C14H10N4O3S2/c19-12(7-9-3-1-2-4-11(9)18(20)21)15-14-17-16-13(23-14)10-5-6-22-8-10/h1-6,8H,7H2,(H,15,17,19). The van der Waals surface area contributed by atoms with Crippen molar-refractivity contribution in [2.24, 2.45) is 0 Å². The lowest BCUT2D eigenvalue weighted by Crippen LogP contribution is -2.15. The molecule has 0 fully saturated rings. The Bertz CT molecular complexity index is 845. The Balaban J connectivity index is 1.70.